The predicted octanol–water partition coefficient (Wildman–Crippen LogP) is 4.39. The molecule has 0 N–H and O–H groups in total. The van der Waals surface area contributed by atoms with Crippen LogP contribution in [-0.4, -0.2) is 25.8 Å². The molecule has 3 nitrogen and oxygen atoms in total. The van der Waals surface area contributed by atoms with Gasteiger partial charge in [0.25, 0.3) is 0 Å². The number of hydrogen-bond acceptors (Lipinski definition) is 3. The summed E-state index contributed by atoms with van der Waals surface area (Å²) in [7, 11) is -3.40. The predicted molar refractivity (Wildman–Crippen MR) is 89.6 cm³/mol. The normalized spacial score (nSPS) is 19.8. The van der Waals surface area contributed by atoms with E-state index in [9.17, 15) is 8.42 Å². The first kappa shape index (κ1) is 17.3. The molecule has 0 amide bonds. The molecule has 0 aliphatic carbocycles. The van der Waals surface area contributed by atoms with E-state index in [1.807, 2.05) is 12.3 Å². The smallest absolute Gasteiger partial charge is 0.207 e. The van der Waals surface area contributed by atoms with E-state index in [0.717, 1.165) is 36.1 Å². The van der Waals surface area contributed by atoms with E-state index in [0.29, 0.717) is 23.4 Å². The highest BCUT2D eigenvalue weighted by molar-refractivity contribution is 7.89. The SMILES string of the molecule is CCC1(CC)CCN(S(=O)(=O)c2c(C)csc2CCl)CC1. The third-order valence-electron chi connectivity index (χ3n) is 4.99. The quantitative estimate of drug-likeness (QED) is 0.739. The molecule has 0 radical (unpaired) electrons. The fourth-order valence-corrected chi connectivity index (χ4v) is 6.66. The summed E-state index contributed by atoms with van der Waals surface area (Å²) in [6.45, 7) is 7.53. The van der Waals surface area contributed by atoms with Crippen molar-refractivity contribution in [1.82, 2.24) is 4.31 Å². The van der Waals surface area contributed by atoms with E-state index in [-0.39, 0.29) is 5.88 Å². The molecule has 0 spiro atoms. The van der Waals surface area contributed by atoms with Gasteiger partial charge in [0.1, 0.15) is 4.90 Å². The molecule has 0 bridgehead atoms. The van der Waals surface area contributed by atoms with E-state index >= 15 is 0 Å². The summed E-state index contributed by atoms with van der Waals surface area (Å²) in [5.74, 6) is 0.259. The molecular weight excluding hydrogens is 326 g/mol. The Morgan fingerprint density at radius 2 is 1.86 bits per heavy atom. The minimum Gasteiger partial charge on any atom is -0.207 e. The van der Waals surface area contributed by atoms with Crippen LogP contribution in [0.15, 0.2) is 10.3 Å². The molecule has 120 valence electrons. The second kappa shape index (κ2) is 6.57. The van der Waals surface area contributed by atoms with Gasteiger partial charge in [-0.25, -0.2) is 8.42 Å². The summed E-state index contributed by atoms with van der Waals surface area (Å²) < 4.78 is 27.5. The summed E-state index contributed by atoms with van der Waals surface area (Å²) in [6, 6.07) is 0. The summed E-state index contributed by atoms with van der Waals surface area (Å²) in [6.07, 6.45) is 4.17. The average molecular weight is 350 g/mol. The highest BCUT2D eigenvalue weighted by atomic mass is 35.5. The van der Waals surface area contributed by atoms with Gasteiger partial charge in [-0.3, -0.25) is 0 Å². The van der Waals surface area contributed by atoms with E-state index in [1.165, 1.54) is 11.3 Å². The number of rotatable bonds is 5. The van der Waals surface area contributed by atoms with Gasteiger partial charge in [-0.2, -0.15) is 4.31 Å². The molecule has 0 atom stereocenters. The van der Waals surface area contributed by atoms with Crippen LogP contribution in [0.2, 0.25) is 0 Å². The molecule has 0 aromatic carbocycles. The van der Waals surface area contributed by atoms with Crippen LogP contribution in [-0.2, 0) is 15.9 Å². The first-order valence-corrected chi connectivity index (χ1v) is 10.4. The number of halogens is 1. The summed E-state index contributed by atoms with van der Waals surface area (Å²) in [5, 5.41) is 1.89. The van der Waals surface area contributed by atoms with Crippen LogP contribution in [0.5, 0.6) is 0 Å². The monoisotopic (exact) mass is 349 g/mol. The minimum absolute atomic E-state index is 0.259. The molecule has 1 aliphatic rings. The number of thiophene rings is 1. The second-order valence-corrected chi connectivity index (χ2v) is 9.02. The van der Waals surface area contributed by atoms with Crippen LogP contribution in [0.4, 0.5) is 0 Å². The van der Waals surface area contributed by atoms with Crippen molar-refractivity contribution in [3.05, 3.63) is 15.8 Å². The van der Waals surface area contributed by atoms with Gasteiger partial charge in [-0.1, -0.05) is 26.7 Å². The molecule has 21 heavy (non-hydrogen) atoms. The maximum Gasteiger partial charge on any atom is 0.244 e. The molecule has 1 aliphatic heterocycles. The number of piperidine rings is 1. The Balaban J connectivity index is 2.25. The Kier molecular flexibility index (Phi) is 5.40. The number of aryl methyl sites for hydroxylation is 1. The first-order valence-electron chi connectivity index (χ1n) is 7.53. The number of hydrogen-bond donors (Lipinski definition) is 0. The molecule has 6 heteroatoms. The van der Waals surface area contributed by atoms with Crippen molar-refractivity contribution < 1.29 is 8.42 Å². The van der Waals surface area contributed by atoms with Crippen LogP contribution >= 0.6 is 22.9 Å². The lowest BCUT2D eigenvalue weighted by Gasteiger charge is -2.40. The fraction of sp³-hybridized carbons (Fsp3) is 0.733. The van der Waals surface area contributed by atoms with Crippen LogP contribution in [0.1, 0.15) is 50.0 Å². The lowest BCUT2D eigenvalue weighted by molar-refractivity contribution is 0.141. The number of sulfonamides is 1. The maximum absolute atomic E-state index is 12.9. The van der Waals surface area contributed by atoms with Crippen LogP contribution in [0.3, 0.4) is 0 Å². The van der Waals surface area contributed by atoms with Crippen LogP contribution in [0, 0.1) is 12.3 Å². The number of alkyl halides is 1. The molecule has 1 fully saturated rings. The third-order valence-corrected chi connectivity index (χ3v) is 8.78. The van der Waals surface area contributed by atoms with Gasteiger partial charge in [0.05, 0.1) is 5.88 Å². The largest absolute Gasteiger partial charge is 0.244 e. The Hall–Kier alpha value is -0.100. The Morgan fingerprint density at radius 1 is 1.29 bits per heavy atom. The van der Waals surface area contributed by atoms with Gasteiger partial charge < -0.3 is 0 Å². The molecule has 0 saturated carbocycles. The van der Waals surface area contributed by atoms with Crippen molar-refractivity contribution in [2.75, 3.05) is 13.1 Å². The van der Waals surface area contributed by atoms with E-state index in [2.05, 4.69) is 13.8 Å². The highest BCUT2D eigenvalue weighted by Gasteiger charge is 2.37. The molecular formula is C15H24ClNO2S2. The first-order chi connectivity index (χ1) is 9.90. The molecule has 0 unspecified atom stereocenters. The van der Waals surface area contributed by atoms with E-state index in [4.69, 9.17) is 11.6 Å². The summed E-state index contributed by atoms with van der Waals surface area (Å²) in [5.41, 5.74) is 1.14. The summed E-state index contributed by atoms with van der Waals surface area (Å²) in [4.78, 5) is 1.21. The molecule has 1 aromatic rings. The van der Waals surface area contributed by atoms with Crippen molar-refractivity contribution in [3.63, 3.8) is 0 Å². The minimum atomic E-state index is -3.40. The van der Waals surface area contributed by atoms with Gasteiger partial charge in [-0.15, -0.1) is 22.9 Å². The molecule has 2 heterocycles. The fourth-order valence-electron chi connectivity index (χ4n) is 3.21. The van der Waals surface area contributed by atoms with Gasteiger partial charge in [0.15, 0.2) is 0 Å². The Bertz CT molecular complexity index is 581. The van der Waals surface area contributed by atoms with Crippen molar-refractivity contribution in [3.8, 4) is 0 Å². The molecule has 2 rings (SSSR count). The molecule has 1 aromatic heterocycles. The van der Waals surface area contributed by atoms with Crippen molar-refractivity contribution >= 4 is 33.0 Å². The van der Waals surface area contributed by atoms with Gasteiger partial charge >= 0.3 is 0 Å². The Labute approximate surface area is 137 Å². The van der Waals surface area contributed by atoms with Crippen molar-refractivity contribution in [1.29, 1.82) is 0 Å². The molecule has 1 saturated heterocycles. The average Bonchev–Trinajstić information content (AvgIpc) is 2.89. The van der Waals surface area contributed by atoms with Gasteiger partial charge in [0.2, 0.25) is 10.0 Å². The van der Waals surface area contributed by atoms with Crippen molar-refractivity contribution in [2.24, 2.45) is 5.41 Å². The zero-order valence-corrected chi connectivity index (χ0v) is 15.4. The lowest BCUT2D eigenvalue weighted by Crippen LogP contribution is -2.43. The third kappa shape index (κ3) is 3.16. The summed E-state index contributed by atoms with van der Waals surface area (Å²) >= 11 is 7.35. The second-order valence-electron chi connectivity index (χ2n) is 5.92. The van der Waals surface area contributed by atoms with Gasteiger partial charge in [-0.05, 0) is 36.1 Å². The van der Waals surface area contributed by atoms with Crippen LogP contribution in [0.25, 0.3) is 0 Å². The Morgan fingerprint density at radius 3 is 2.33 bits per heavy atom. The van der Waals surface area contributed by atoms with Crippen LogP contribution < -0.4 is 0 Å². The van der Waals surface area contributed by atoms with E-state index < -0.39 is 10.0 Å². The topological polar surface area (TPSA) is 37.4 Å². The zero-order chi connectivity index (χ0) is 15.7. The highest BCUT2D eigenvalue weighted by Crippen LogP contribution is 2.40. The standard InChI is InChI=1S/C15H24ClNO2S2/c1-4-15(5-2)6-8-17(9-7-15)21(18,19)14-12(3)11-20-13(14)10-16/h11H,4-10H2,1-3H3. The van der Waals surface area contributed by atoms with E-state index in [1.54, 1.807) is 4.31 Å². The van der Waals surface area contributed by atoms with Gasteiger partial charge in [0, 0.05) is 18.0 Å². The zero-order valence-electron chi connectivity index (χ0n) is 13.0. The maximum atomic E-state index is 12.9. The van der Waals surface area contributed by atoms with Crippen molar-refractivity contribution in [2.45, 2.75) is 57.2 Å². The number of nitrogens with zero attached hydrogens (tertiary/aromatic N) is 1. The lowest BCUT2D eigenvalue weighted by atomic mass is 9.75.